The van der Waals surface area contributed by atoms with Gasteiger partial charge in [0.05, 0.1) is 11.2 Å². The van der Waals surface area contributed by atoms with E-state index < -0.39 is 0 Å². The molecule has 1 spiro atoms. The Bertz CT molecular complexity index is 413. The van der Waals surface area contributed by atoms with E-state index in [1.54, 1.807) is 0 Å². The van der Waals surface area contributed by atoms with E-state index in [0.29, 0.717) is 0 Å². The highest BCUT2D eigenvalue weighted by molar-refractivity contribution is 5.71. The maximum atomic E-state index is 4.49. The minimum atomic E-state index is 0.268. The van der Waals surface area contributed by atoms with Gasteiger partial charge in [0.15, 0.2) is 0 Å². The highest BCUT2D eigenvalue weighted by atomic mass is 15.4. The number of nitrogens with zero attached hydrogens (tertiary/aromatic N) is 2. The Morgan fingerprint density at radius 1 is 1.18 bits per heavy atom. The summed E-state index contributed by atoms with van der Waals surface area (Å²) in [4.78, 5) is 0. The van der Waals surface area contributed by atoms with Crippen molar-refractivity contribution < 1.29 is 0 Å². The van der Waals surface area contributed by atoms with Crippen LogP contribution in [-0.2, 0) is 7.05 Å². The summed E-state index contributed by atoms with van der Waals surface area (Å²) in [6, 6.07) is 0. The quantitative estimate of drug-likeness (QED) is 0.725. The molecule has 0 atom stereocenters. The molecule has 1 aromatic heterocycles. The van der Waals surface area contributed by atoms with Crippen LogP contribution in [0, 0.1) is 6.92 Å². The lowest BCUT2D eigenvalue weighted by Crippen LogP contribution is -2.47. The van der Waals surface area contributed by atoms with Gasteiger partial charge in [0.25, 0.3) is 0 Å². The molecule has 4 nitrogen and oxygen atoms in total. The zero-order valence-electron chi connectivity index (χ0n) is 10.8. The first-order valence-electron chi connectivity index (χ1n) is 6.76. The lowest BCUT2D eigenvalue weighted by Gasteiger charge is -2.39. The molecule has 2 aliphatic rings. The van der Waals surface area contributed by atoms with Crippen molar-refractivity contribution >= 4 is 11.5 Å². The van der Waals surface area contributed by atoms with E-state index >= 15 is 0 Å². The summed E-state index contributed by atoms with van der Waals surface area (Å²) in [6.07, 6.45) is 8.04. The Morgan fingerprint density at radius 3 is 2.59 bits per heavy atom. The normalized spacial score (nSPS) is 22.5. The summed E-state index contributed by atoms with van der Waals surface area (Å²) in [5, 5.41) is 11.9. The van der Waals surface area contributed by atoms with Crippen molar-refractivity contribution in [1.82, 2.24) is 9.78 Å². The second-order valence-corrected chi connectivity index (χ2v) is 5.61. The molecule has 2 heterocycles. The average molecular weight is 234 g/mol. The van der Waals surface area contributed by atoms with Crippen LogP contribution in [0.15, 0.2) is 0 Å². The Morgan fingerprint density at radius 2 is 1.88 bits per heavy atom. The first-order valence-corrected chi connectivity index (χ1v) is 6.76. The van der Waals surface area contributed by atoms with Crippen LogP contribution in [0.1, 0.15) is 44.2 Å². The van der Waals surface area contributed by atoms with Crippen molar-refractivity contribution in [2.45, 2.75) is 51.0 Å². The molecule has 0 radical (unpaired) electrons. The highest BCUT2D eigenvalue weighted by Gasteiger charge is 2.36. The van der Waals surface area contributed by atoms with Crippen LogP contribution >= 0.6 is 0 Å². The van der Waals surface area contributed by atoms with Crippen LogP contribution in [-0.4, -0.2) is 21.9 Å². The van der Waals surface area contributed by atoms with Gasteiger partial charge in [0, 0.05) is 13.6 Å². The topological polar surface area (TPSA) is 41.9 Å². The van der Waals surface area contributed by atoms with E-state index in [9.17, 15) is 0 Å². The molecular weight excluding hydrogens is 212 g/mol. The van der Waals surface area contributed by atoms with Gasteiger partial charge in [-0.05, 0) is 19.8 Å². The van der Waals surface area contributed by atoms with Gasteiger partial charge < -0.3 is 10.6 Å². The average Bonchev–Trinajstić information content (AvgIpc) is 2.51. The molecule has 1 saturated carbocycles. The third kappa shape index (κ3) is 1.79. The van der Waals surface area contributed by atoms with Gasteiger partial charge in [0.1, 0.15) is 11.5 Å². The molecule has 0 amide bonds. The molecule has 17 heavy (non-hydrogen) atoms. The molecule has 4 heteroatoms. The molecule has 3 rings (SSSR count). The predicted octanol–water partition coefficient (Wildman–Crippen LogP) is 2.66. The molecule has 0 bridgehead atoms. The van der Waals surface area contributed by atoms with Crippen LogP contribution in [0.2, 0.25) is 0 Å². The number of hydrogen-bond acceptors (Lipinski definition) is 3. The fraction of sp³-hybridized carbons (Fsp3) is 0.769. The lowest BCUT2D eigenvalue weighted by molar-refractivity contribution is 0.419. The van der Waals surface area contributed by atoms with Gasteiger partial charge in [-0.2, -0.15) is 5.10 Å². The molecule has 1 aliphatic carbocycles. The van der Waals surface area contributed by atoms with Crippen molar-refractivity contribution in [2.24, 2.45) is 7.05 Å². The van der Waals surface area contributed by atoms with E-state index in [1.165, 1.54) is 50.0 Å². The second-order valence-electron chi connectivity index (χ2n) is 5.61. The monoisotopic (exact) mass is 234 g/mol. The number of anilines is 2. The van der Waals surface area contributed by atoms with Crippen molar-refractivity contribution in [3.05, 3.63) is 5.69 Å². The zero-order chi connectivity index (χ0) is 11.9. The number of rotatable bonds is 0. The largest absolute Gasteiger partial charge is 0.378 e. The summed E-state index contributed by atoms with van der Waals surface area (Å²) in [5.41, 5.74) is 2.56. The molecule has 1 aromatic rings. The minimum absolute atomic E-state index is 0.268. The molecule has 0 aromatic carbocycles. The third-order valence-electron chi connectivity index (χ3n) is 4.27. The van der Waals surface area contributed by atoms with Crippen LogP contribution in [0.25, 0.3) is 0 Å². The van der Waals surface area contributed by atoms with E-state index in [0.717, 1.165) is 12.2 Å². The maximum absolute atomic E-state index is 4.49. The standard InChI is InChI=1S/C13H22N4/c1-10-11-12(17(2)16-10)15-13(9-14-11)7-5-3-4-6-8-13/h14-15H,3-9H2,1-2H3. The zero-order valence-corrected chi connectivity index (χ0v) is 10.8. The number of fused-ring (bicyclic) bond motifs is 1. The molecular formula is C13H22N4. The van der Waals surface area contributed by atoms with Gasteiger partial charge in [-0.1, -0.05) is 25.7 Å². The van der Waals surface area contributed by atoms with Crippen molar-refractivity contribution in [2.75, 3.05) is 17.2 Å². The SMILES string of the molecule is Cc1nn(C)c2c1NCC1(CCCCCC1)N2. The summed E-state index contributed by atoms with van der Waals surface area (Å²) in [7, 11) is 2.02. The van der Waals surface area contributed by atoms with Gasteiger partial charge in [-0.3, -0.25) is 4.68 Å². The first kappa shape index (κ1) is 10.9. The Hall–Kier alpha value is -1.19. The summed E-state index contributed by atoms with van der Waals surface area (Å²) >= 11 is 0. The number of aromatic nitrogens is 2. The number of aryl methyl sites for hydroxylation is 2. The molecule has 1 fully saturated rings. The number of nitrogens with one attached hydrogen (secondary N) is 2. The molecule has 2 N–H and O–H groups in total. The van der Waals surface area contributed by atoms with Crippen LogP contribution in [0.5, 0.6) is 0 Å². The van der Waals surface area contributed by atoms with Crippen molar-refractivity contribution in [3.63, 3.8) is 0 Å². The first-order chi connectivity index (χ1) is 8.20. The summed E-state index contributed by atoms with van der Waals surface area (Å²) in [6.45, 7) is 3.12. The smallest absolute Gasteiger partial charge is 0.148 e. The molecule has 0 saturated heterocycles. The van der Waals surface area contributed by atoms with Crippen LogP contribution in [0.4, 0.5) is 11.5 Å². The third-order valence-corrected chi connectivity index (χ3v) is 4.27. The van der Waals surface area contributed by atoms with Gasteiger partial charge in [-0.25, -0.2) is 0 Å². The van der Waals surface area contributed by atoms with Gasteiger partial charge >= 0.3 is 0 Å². The van der Waals surface area contributed by atoms with E-state index in [-0.39, 0.29) is 5.54 Å². The summed E-state index contributed by atoms with van der Waals surface area (Å²) in [5.74, 6) is 1.18. The van der Waals surface area contributed by atoms with Crippen molar-refractivity contribution in [1.29, 1.82) is 0 Å². The van der Waals surface area contributed by atoms with Crippen LogP contribution in [0.3, 0.4) is 0 Å². The molecule has 1 aliphatic heterocycles. The molecule has 94 valence electrons. The fourth-order valence-electron chi connectivity index (χ4n) is 3.27. The van der Waals surface area contributed by atoms with Gasteiger partial charge in [-0.15, -0.1) is 0 Å². The Labute approximate surface area is 103 Å². The van der Waals surface area contributed by atoms with E-state index in [2.05, 4.69) is 22.7 Å². The highest BCUT2D eigenvalue weighted by Crippen LogP contribution is 2.38. The Balaban J connectivity index is 1.90. The number of hydrogen-bond donors (Lipinski definition) is 2. The molecule has 0 unspecified atom stereocenters. The van der Waals surface area contributed by atoms with E-state index in [4.69, 9.17) is 0 Å². The minimum Gasteiger partial charge on any atom is -0.378 e. The fourth-order valence-corrected chi connectivity index (χ4v) is 3.27. The van der Waals surface area contributed by atoms with Crippen LogP contribution < -0.4 is 10.6 Å². The maximum Gasteiger partial charge on any atom is 0.148 e. The van der Waals surface area contributed by atoms with E-state index in [1.807, 2.05) is 11.7 Å². The lowest BCUT2D eigenvalue weighted by atomic mass is 9.88. The summed E-state index contributed by atoms with van der Waals surface area (Å²) < 4.78 is 1.98. The van der Waals surface area contributed by atoms with Crippen molar-refractivity contribution in [3.8, 4) is 0 Å². The predicted molar refractivity (Wildman–Crippen MR) is 70.5 cm³/mol. The van der Waals surface area contributed by atoms with Gasteiger partial charge in [0.2, 0.25) is 0 Å². The second kappa shape index (κ2) is 3.93. The Kier molecular flexibility index (Phi) is 2.53.